The van der Waals surface area contributed by atoms with Crippen LogP contribution in [0.5, 0.6) is 5.75 Å². The van der Waals surface area contributed by atoms with Crippen LogP contribution >= 0.6 is 23.2 Å². The summed E-state index contributed by atoms with van der Waals surface area (Å²) < 4.78 is 5.18. The van der Waals surface area contributed by atoms with Crippen LogP contribution in [0.3, 0.4) is 0 Å². The molecule has 2 aromatic carbocycles. The molecule has 1 saturated heterocycles. The average molecular weight is 464 g/mol. The topological polar surface area (TPSA) is 53.6 Å². The molecule has 7 heteroatoms. The molecule has 2 amide bonds. The molecule has 1 aliphatic heterocycles. The Balaban J connectivity index is 1.35. The summed E-state index contributed by atoms with van der Waals surface area (Å²) in [7, 11) is 1.61. The number of nitrogens with zero attached hydrogens (tertiary/aromatic N) is 1. The maximum absolute atomic E-state index is 12.2. The van der Waals surface area contributed by atoms with Gasteiger partial charge in [-0.3, -0.25) is 4.90 Å². The Morgan fingerprint density at radius 3 is 2.65 bits per heavy atom. The van der Waals surface area contributed by atoms with Gasteiger partial charge >= 0.3 is 6.03 Å². The van der Waals surface area contributed by atoms with E-state index in [4.69, 9.17) is 27.9 Å². The first-order chi connectivity index (χ1) is 14.9. The molecule has 168 valence electrons. The monoisotopic (exact) mass is 463 g/mol. The molecule has 0 aliphatic carbocycles. The summed E-state index contributed by atoms with van der Waals surface area (Å²) in [5, 5.41) is 7.06. The van der Waals surface area contributed by atoms with Crippen LogP contribution < -0.4 is 15.4 Å². The van der Waals surface area contributed by atoms with Crippen LogP contribution in [0.15, 0.2) is 42.5 Å². The van der Waals surface area contributed by atoms with Crippen molar-refractivity contribution in [1.82, 2.24) is 10.2 Å². The highest BCUT2D eigenvalue weighted by molar-refractivity contribution is 6.42. The number of amides is 2. The van der Waals surface area contributed by atoms with E-state index in [0.29, 0.717) is 28.4 Å². The van der Waals surface area contributed by atoms with Gasteiger partial charge in [-0.2, -0.15) is 0 Å². The number of anilines is 1. The third kappa shape index (κ3) is 7.60. The number of carbonyl (C=O) groups is 1. The van der Waals surface area contributed by atoms with Crippen molar-refractivity contribution in [1.29, 1.82) is 0 Å². The van der Waals surface area contributed by atoms with E-state index in [1.807, 2.05) is 36.4 Å². The molecule has 0 spiro atoms. The molecule has 2 aromatic rings. The largest absolute Gasteiger partial charge is 0.497 e. The summed E-state index contributed by atoms with van der Waals surface area (Å²) in [5.74, 6) is 1.85. The minimum atomic E-state index is -0.184. The van der Waals surface area contributed by atoms with Crippen molar-refractivity contribution in [2.75, 3.05) is 32.1 Å². The standard InChI is InChI=1S/C24H31Cl2N3O2/c1-17(15-27-24(30)28-20-4-3-5-21(14-20)31-2)12-18-8-10-29(11-9-18)16-19-6-7-22(25)23(26)13-19/h3-7,13-14,17-18H,8-12,15-16H2,1-2H3,(H2,27,28,30)/t17-/m1/s1. The van der Waals surface area contributed by atoms with E-state index >= 15 is 0 Å². The SMILES string of the molecule is COc1cccc(NC(=O)NC[C@H](C)CC2CCN(Cc3ccc(Cl)c(Cl)c3)CC2)c1. The van der Waals surface area contributed by atoms with Crippen molar-refractivity contribution in [2.24, 2.45) is 11.8 Å². The molecule has 0 bridgehead atoms. The Morgan fingerprint density at radius 2 is 1.94 bits per heavy atom. The van der Waals surface area contributed by atoms with Gasteiger partial charge in [0.1, 0.15) is 5.75 Å². The van der Waals surface area contributed by atoms with Gasteiger partial charge in [0, 0.05) is 24.8 Å². The molecule has 2 N–H and O–H groups in total. The van der Waals surface area contributed by atoms with Crippen molar-refractivity contribution >= 4 is 34.9 Å². The molecule has 1 heterocycles. The van der Waals surface area contributed by atoms with Crippen molar-refractivity contribution in [2.45, 2.75) is 32.7 Å². The van der Waals surface area contributed by atoms with E-state index in [-0.39, 0.29) is 6.03 Å². The summed E-state index contributed by atoms with van der Waals surface area (Å²) in [6, 6.07) is 13.0. The Labute approximate surface area is 195 Å². The van der Waals surface area contributed by atoms with Crippen molar-refractivity contribution < 1.29 is 9.53 Å². The molecule has 0 unspecified atom stereocenters. The van der Waals surface area contributed by atoms with Crippen LogP contribution in [-0.4, -0.2) is 37.7 Å². The highest BCUT2D eigenvalue weighted by atomic mass is 35.5. The van der Waals surface area contributed by atoms with E-state index in [9.17, 15) is 4.79 Å². The van der Waals surface area contributed by atoms with Gasteiger partial charge < -0.3 is 15.4 Å². The molecular weight excluding hydrogens is 433 g/mol. The van der Waals surface area contributed by atoms with Gasteiger partial charge in [-0.05, 0) is 74.0 Å². The third-order valence-corrected chi connectivity index (χ3v) is 6.51. The number of carbonyl (C=O) groups excluding carboxylic acids is 1. The quantitative estimate of drug-likeness (QED) is 0.499. The molecule has 1 atom stereocenters. The highest BCUT2D eigenvalue weighted by Crippen LogP contribution is 2.27. The first-order valence-electron chi connectivity index (χ1n) is 10.8. The number of urea groups is 1. The summed E-state index contributed by atoms with van der Waals surface area (Å²) >= 11 is 12.1. The Bertz CT molecular complexity index is 870. The molecule has 31 heavy (non-hydrogen) atoms. The van der Waals surface area contributed by atoms with Crippen molar-refractivity contribution in [3.63, 3.8) is 0 Å². The zero-order valence-electron chi connectivity index (χ0n) is 18.2. The Kier molecular flexibility index (Phi) is 8.88. The van der Waals surface area contributed by atoms with Crippen LogP contribution in [0.1, 0.15) is 31.7 Å². The number of ether oxygens (including phenoxy) is 1. The number of likely N-dealkylation sites (tertiary alicyclic amines) is 1. The molecule has 1 fully saturated rings. The maximum Gasteiger partial charge on any atom is 0.319 e. The second kappa shape index (κ2) is 11.6. The predicted molar refractivity (Wildman–Crippen MR) is 128 cm³/mol. The maximum atomic E-state index is 12.2. The van der Waals surface area contributed by atoms with Gasteiger partial charge in [0.25, 0.3) is 0 Å². The van der Waals surface area contributed by atoms with Crippen LogP contribution in [0.2, 0.25) is 10.0 Å². The molecule has 0 saturated carbocycles. The van der Waals surface area contributed by atoms with Gasteiger partial charge in [0.2, 0.25) is 0 Å². The number of rotatable bonds is 8. The van der Waals surface area contributed by atoms with E-state index in [1.54, 1.807) is 13.2 Å². The van der Waals surface area contributed by atoms with Gasteiger partial charge in [0.05, 0.1) is 17.2 Å². The fourth-order valence-corrected chi connectivity index (χ4v) is 4.39. The second-order valence-corrected chi connectivity index (χ2v) is 9.19. The molecular formula is C24H31Cl2N3O2. The lowest BCUT2D eigenvalue weighted by atomic mass is 9.87. The average Bonchev–Trinajstić information content (AvgIpc) is 2.76. The molecule has 3 rings (SSSR count). The number of nitrogens with one attached hydrogen (secondary N) is 2. The van der Waals surface area contributed by atoms with Crippen LogP contribution in [0.25, 0.3) is 0 Å². The van der Waals surface area contributed by atoms with Gasteiger partial charge in [-0.1, -0.05) is 42.3 Å². The number of hydrogen-bond donors (Lipinski definition) is 2. The van der Waals surface area contributed by atoms with E-state index in [0.717, 1.165) is 37.5 Å². The predicted octanol–water partition coefficient (Wildman–Crippen LogP) is 6.06. The van der Waals surface area contributed by atoms with Gasteiger partial charge in [0.15, 0.2) is 0 Å². The summed E-state index contributed by atoms with van der Waals surface area (Å²) in [5.41, 5.74) is 1.92. The van der Waals surface area contributed by atoms with Gasteiger partial charge in [-0.15, -0.1) is 0 Å². The molecule has 1 aliphatic rings. The highest BCUT2D eigenvalue weighted by Gasteiger charge is 2.21. The summed E-state index contributed by atoms with van der Waals surface area (Å²) in [6.45, 7) is 5.95. The lowest BCUT2D eigenvalue weighted by molar-refractivity contribution is 0.162. The first kappa shape index (κ1) is 23.7. The number of methoxy groups -OCH3 is 1. The fourth-order valence-electron chi connectivity index (χ4n) is 4.07. The molecule has 0 radical (unpaired) electrons. The lowest BCUT2D eigenvalue weighted by Gasteiger charge is -2.33. The molecule has 0 aromatic heterocycles. The Hall–Kier alpha value is -1.95. The summed E-state index contributed by atoms with van der Waals surface area (Å²) in [6.07, 6.45) is 3.49. The van der Waals surface area contributed by atoms with E-state index < -0.39 is 0 Å². The Morgan fingerprint density at radius 1 is 1.16 bits per heavy atom. The number of piperidine rings is 1. The van der Waals surface area contributed by atoms with Crippen LogP contribution in [0.4, 0.5) is 10.5 Å². The number of benzene rings is 2. The third-order valence-electron chi connectivity index (χ3n) is 5.77. The van der Waals surface area contributed by atoms with Gasteiger partial charge in [-0.25, -0.2) is 4.79 Å². The molecule has 5 nitrogen and oxygen atoms in total. The fraction of sp³-hybridized carbons (Fsp3) is 0.458. The smallest absolute Gasteiger partial charge is 0.319 e. The number of hydrogen-bond acceptors (Lipinski definition) is 3. The first-order valence-corrected chi connectivity index (χ1v) is 11.5. The second-order valence-electron chi connectivity index (χ2n) is 8.38. The van der Waals surface area contributed by atoms with Crippen LogP contribution in [0, 0.1) is 11.8 Å². The van der Waals surface area contributed by atoms with E-state index in [2.05, 4.69) is 22.5 Å². The van der Waals surface area contributed by atoms with Crippen LogP contribution in [-0.2, 0) is 6.54 Å². The zero-order valence-corrected chi connectivity index (χ0v) is 19.7. The number of halogens is 2. The van der Waals surface area contributed by atoms with Crippen molar-refractivity contribution in [3.05, 3.63) is 58.1 Å². The minimum absolute atomic E-state index is 0.184. The van der Waals surface area contributed by atoms with Crippen molar-refractivity contribution in [3.8, 4) is 5.75 Å². The normalized spacial score (nSPS) is 16.0. The lowest BCUT2D eigenvalue weighted by Crippen LogP contribution is -2.36. The zero-order chi connectivity index (χ0) is 22.2. The summed E-state index contributed by atoms with van der Waals surface area (Å²) in [4.78, 5) is 14.7. The van der Waals surface area contributed by atoms with E-state index in [1.165, 1.54) is 18.4 Å². The minimum Gasteiger partial charge on any atom is -0.497 e.